The molecule has 1 aromatic carbocycles. The van der Waals surface area contributed by atoms with Gasteiger partial charge in [0.05, 0.1) is 22.7 Å². The zero-order chi connectivity index (χ0) is 19.9. The van der Waals surface area contributed by atoms with Crippen molar-refractivity contribution in [3.05, 3.63) is 54.0 Å². The van der Waals surface area contributed by atoms with E-state index in [0.717, 1.165) is 12.0 Å². The van der Waals surface area contributed by atoms with Gasteiger partial charge < -0.3 is 15.6 Å². The average molecular weight is 379 g/mol. The van der Waals surface area contributed by atoms with Crippen LogP contribution in [0.3, 0.4) is 0 Å². The predicted molar refractivity (Wildman–Crippen MR) is 108 cm³/mol. The number of aromatic nitrogens is 3. The molecule has 5 N–H and O–H groups in total. The van der Waals surface area contributed by atoms with Gasteiger partial charge in [0.1, 0.15) is 17.8 Å². The van der Waals surface area contributed by atoms with Gasteiger partial charge in [0.25, 0.3) is 5.91 Å². The summed E-state index contributed by atoms with van der Waals surface area (Å²) in [6, 6.07) is 10.4. The molecule has 0 aliphatic carbocycles. The van der Waals surface area contributed by atoms with E-state index in [1.54, 1.807) is 0 Å². The Morgan fingerprint density at radius 2 is 2.00 bits per heavy atom. The van der Waals surface area contributed by atoms with Gasteiger partial charge in [-0.05, 0) is 32.8 Å². The molecule has 1 amide bonds. The Morgan fingerprint density at radius 3 is 2.68 bits per heavy atom. The average Bonchev–Trinajstić information content (AvgIpc) is 3.27. The first-order valence-corrected chi connectivity index (χ1v) is 9.37. The van der Waals surface area contributed by atoms with Gasteiger partial charge in [0, 0.05) is 12.2 Å². The topological polar surface area (TPSA) is 110 Å². The summed E-state index contributed by atoms with van der Waals surface area (Å²) < 4.78 is 1.99. The minimum atomic E-state index is -0.430. The van der Waals surface area contributed by atoms with Gasteiger partial charge in [-0.2, -0.15) is 0 Å². The van der Waals surface area contributed by atoms with Crippen LogP contribution >= 0.6 is 0 Å². The third kappa shape index (κ3) is 3.10. The highest BCUT2D eigenvalue weighted by Crippen LogP contribution is 2.33. The Morgan fingerprint density at radius 1 is 1.25 bits per heavy atom. The maximum absolute atomic E-state index is 13.0. The van der Waals surface area contributed by atoms with Crippen LogP contribution in [0.25, 0.3) is 11.0 Å². The largest absolute Gasteiger partial charge is 0.383 e. The van der Waals surface area contributed by atoms with E-state index in [1.807, 2.05) is 29.0 Å². The lowest BCUT2D eigenvalue weighted by Gasteiger charge is -2.28. The van der Waals surface area contributed by atoms with Crippen LogP contribution in [-0.4, -0.2) is 32.6 Å². The van der Waals surface area contributed by atoms with E-state index in [0.29, 0.717) is 22.4 Å². The molecule has 0 radical (unpaired) electrons. The number of nitrogens with two attached hydrogens (primary N) is 1. The van der Waals surface area contributed by atoms with E-state index in [-0.39, 0.29) is 18.1 Å². The number of hydrogen-bond donors (Lipinski definition) is 4. The molecule has 0 bridgehead atoms. The van der Waals surface area contributed by atoms with E-state index in [4.69, 9.17) is 5.73 Å². The summed E-state index contributed by atoms with van der Waals surface area (Å²) in [5, 5.41) is 3.58. The van der Waals surface area contributed by atoms with Crippen molar-refractivity contribution < 1.29 is 4.79 Å². The van der Waals surface area contributed by atoms with Crippen LogP contribution in [0, 0.1) is 0 Å². The first-order valence-electron chi connectivity index (χ1n) is 9.37. The monoisotopic (exact) mass is 379 g/mol. The van der Waals surface area contributed by atoms with Crippen LogP contribution in [0.1, 0.15) is 43.1 Å². The number of carbonyl (C=O) groups is 1. The number of nitrogens with zero attached hydrogens (tertiary/aromatic N) is 3. The molecule has 8 heteroatoms. The number of carbonyl (C=O) groups excluding carboxylic acids is 1. The zero-order valence-corrected chi connectivity index (χ0v) is 16.2. The molecular weight excluding hydrogens is 354 g/mol. The SMILES string of the molecule is CC1CC(NC(=O)c2cn(C(C)(C)c3ccccc3)c3ncnc(N)c23)NN1. The van der Waals surface area contributed by atoms with Crippen molar-refractivity contribution in [2.75, 3.05) is 5.73 Å². The minimum absolute atomic E-state index is 0.145. The lowest BCUT2D eigenvalue weighted by Crippen LogP contribution is -2.44. The molecule has 4 rings (SSSR count). The molecule has 2 aromatic heterocycles. The van der Waals surface area contributed by atoms with Crippen molar-refractivity contribution in [1.29, 1.82) is 0 Å². The Kier molecular flexibility index (Phi) is 4.52. The molecule has 1 fully saturated rings. The van der Waals surface area contributed by atoms with Crippen molar-refractivity contribution in [2.45, 2.75) is 44.9 Å². The van der Waals surface area contributed by atoms with Gasteiger partial charge in [-0.1, -0.05) is 30.3 Å². The Hall–Kier alpha value is -2.97. The molecule has 1 saturated heterocycles. The van der Waals surface area contributed by atoms with Gasteiger partial charge in [0.15, 0.2) is 0 Å². The summed E-state index contributed by atoms with van der Waals surface area (Å²) in [5.41, 5.74) is 14.1. The number of amides is 1. The Bertz CT molecular complexity index is 1010. The summed E-state index contributed by atoms with van der Waals surface area (Å²) in [7, 11) is 0. The number of fused-ring (bicyclic) bond motifs is 1. The molecule has 1 aliphatic heterocycles. The van der Waals surface area contributed by atoms with Gasteiger partial charge in [0.2, 0.25) is 0 Å². The van der Waals surface area contributed by atoms with Gasteiger partial charge in [-0.25, -0.2) is 15.4 Å². The highest BCUT2D eigenvalue weighted by atomic mass is 16.2. The molecular formula is C20H25N7O. The fraction of sp³-hybridized carbons (Fsp3) is 0.350. The van der Waals surface area contributed by atoms with Gasteiger partial charge in [-0.3, -0.25) is 10.2 Å². The molecule has 3 aromatic rings. The maximum Gasteiger partial charge on any atom is 0.254 e. The van der Waals surface area contributed by atoms with E-state index in [9.17, 15) is 4.79 Å². The normalized spacial score (nSPS) is 19.8. The Labute approximate surface area is 163 Å². The smallest absolute Gasteiger partial charge is 0.254 e. The van der Waals surface area contributed by atoms with Gasteiger partial charge in [-0.15, -0.1) is 0 Å². The molecule has 0 spiro atoms. The van der Waals surface area contributed by atoms with Crippen molar-refractivity contribution in [3.8, 4) is 0 Å². The van der Waals surface area contributed by atoms with Crippen LogP contribution < -0.4 is 21.9 Å². The van der Waals surface area contributed by atoms with Gasteiger partial charge >= 0.3 is 0 Å². The summed E-state index contributed by atoms with van der Waals surface area (Å²) in [5.74, 6) is 0.0890. The summed E-state index contributed by atoms with van der Waals surface area (Å²) >= 11 is 0. The van der Waals surface area contributed by atoms with Crippen molar-refractivity contribution in [2.24, 2.45) is 0 Å². The number of rotatable bonds is 4. The molecule has 2 atom stereocenters. The van der Waals surface area contributed by atoms with Crippen molar-refractivity contribution in [3.63, 3.8) is 0 Å². The third-order valence-corrected chi connectivity index (χ3v) is 5.34. The molecule has 146 valence electrons. The molecule has 1 aliphatic rings. The van der Waals surface area contributed by atoms with Crippen LogP contribution in [-0.2, 0) is 5.54 Å². The zero-order valence-electron chi connectivity index (χ0n) is 16.2. The number of benzene rings is 1. The number of nitrogen functional groups attached to an aromatic ring is 1. The lowest BCUT2D eigenvalue weighted by molar-refractivity contribution is 0.0933. The highest BCUT2D eigenvalue weighted by molar-refractivity contribution is 6.09. The number of nitrogens with one attached hydrogen (secondary N) is 3. The van der Waals surface area contributed by atoms with Crippen molar-refractivity contribution in [1.82, 2.24) is 30.7 Å². The number of hydrogen-bond acceptors (Lipinski definition) is 6. The summed E-state index contributed by atoms with van der Waals surface area (Å²) in [4.78, 5) is 21.6. The van der Waals surface area contributed by atoms with Crippen LogP contribution in [0.2, 0.25) is 0 Å². The first-order chi connectivity index (χ1) is 13.4. The number of hydrazine groups is 1. The van der Waals surface area contributed by atoms with Crippen molar-refractivity contribution >= 4 is 22.8 Å². The fourth-order valence-corrected chi connectivity index (χ4v) is 3.71. The third-order valence-electron chi connectivity index (χ3n) is 5.34. The second-order valence-electron chi connectivity index (χ2n) is 7.75. The standard InChI is InChI=1S/C20H25N7O/c1-12-9-15(26-25-12)24-19(28)14-10-27(18-16(14)17(21)22-11-23-18)20(2,3)13-7-5-4-6-8-13/h4-8,10-12,15,25-26H,9H2,1-3H3,(H,24,28)(H2,21,22,23). The maximum atomic E-state index is 13.0. The molecule has 8 nitrogen and oxygen atoms in total. The molecule has 0 saturated carbocycles. The van der Waals surface area contributed by atoms with E-state index in [2.05, 4.69) is 59.0 Å². The molecule has 3 heterocycles. The van der Waals surface area contributed by atoms with Crippen LogP contribution in [0.15, 0.2) is 42.9 Å². The molecule has 2 unspecified atom stereocenters. The second kappa shape index (κ2) is 6.88. The van der Waals surface area contributed by atoms with E-state index >= 15 is 0 Å². The number of anilines is 1. The van der Waals surface area contributed by atoms with Crippen LogP contribution in [0.4, 0.5) is 5.82 Å². The fourth-order valence-electron chi connectivity index (χ4n) is 3.71. The molecule has 28 heavy (non-hydrogen) atoms. The minimum Gasteiger partial charge on any atom is -0.383 e. The first kappa shape index (κ1) is 18.4. The summed E-state index contributed by atoms with van der Waals surface area (Å²) in [6.45, 7) is 6.23. The van der Waals surface area contributed by atoms with E-state index < -0.39 is 5.54 Å². The van der Waals surface area contributed by atoms with E-state index in [1.165, 1.54) is 6.33 Å². The second-order valence-corrected chi connectivity index (χ2v) is 7.75. The van der Waals surface area contributed by atoms with Crippen LogP contribution in [0.5, 0.6) is 0 Å². The lowest BCUT2D eigenvalue weighted by atomic mass is 9.94. The highest BCUT2D eigenvalue weighted by Gasteiger charge is 2.30. The quantitative estimate of drug-likeness (QED) is 0.550. The Balaban J connectivity index is 1.79. The predicted octanol–water partition coefficient (Wildman–Crippen LogP) is 1.74. The summed E-state index contributed by atoms with van der Waals surface area (Å²) in [6.07, 6.45) is 3.91.